The highest BCUT2D eigenvalue weighted by molar-refractivity contribution is 6.34. The molecule has 1 saturated carbocycles. The fourth-order valence-electron chi connectivity index (χ4n) is 4.43. The number of aliphatic carboxylic acids is 1. The van der Waals surface area contributed by atoms with Gasteiger partial charge in [-0.1, -0.05) is 17.7 Å². The van der Waals surface area contributed by atoms with Crippen LogP contribution in [-0.2, 0) is 14.3 Å². The lowest BCUT2D eigenvalue weighted by Gasteiger charge is -2.32. The Bertz CT molecular complexity index is 1280. The van der Waals surface area contributed by atoms with Crippen LogP contribution >= 0.6 is 11.6 Å². The van der Waals surface area contributed by atoms with Crippen molar-refractivity contribution >= 4 is 34.2 Å². The Balaban J connectivity index is 1.36. The summed E-state index contributed by atoms with van der Waals surface area (Å²) < 4.78 is 23.2. The zero-order valence-electron chi connectivity index (χ0n) is 19.1. The summed E-state index contributed by atoms with van der Waals surface area (Å²) in [5.41, 5.74) is 1.85. The van der Waals surface area contributed by atoms with E-state index >= 15 is 0 Å². The molecule has 5 rings (SSSR count). The highest BCUT2D eigenvalue weighted by Crippen LogP contribution is 2.36. The summed E-state index contributed by atoms with van der Waals surface area (Å²) in [6, 6.07) is 12.3. The van der Waals surface area contributed by atoms with Crippen LogP contribution in [0.5, 0.6) is 5.75 Å². The van der Waals surface area contributed by atoms with Crippen molar-refractivity contribution in [1.82, 2.24) is 0 Å². The first-order valence-electron chi connectivity index (χ1n) is 11.7. The molecular weight excluding hydrogens is 474 g/mol. The van der Waals surface area contributed by atoms with Gasteiger partial charge in [-0.2, -0.15) is 0 Å². The smallest absolute Gasteiger partial charge is 0.306 e. The molecular formula is C26H26ClNO7. The minimum atomic E-state index is -0.763. The van der Waals surface area contributed by atoms with Crippen LogP contribution in [0.1, 0.15) is 12.8 Å². The molecule has 35 heavy (non-hydrogen) atoms. The van der Waals surface area contributed by atoms with E-state index in [2.05, 4.69) is 4.90 Å². The lowest BCUT2D eigenvalue weighted by atomic mass is 9.82. The summed E-state index contributed by atoms with van der Waals surface area (Å²) in [7, 11) is 0. The Morgan fingerprint density at radius 2 is 1.91 bits per heavy atom. The monoisotopic (exact) mass is 499 g/mol. The van der Waals surface area contributed by atoms with Gasteiger partial charge in [0.25, 0.3) is 0 Å². The standard InChI is InChI=1S/C26H26ClNO7/c27-21-3-1-2-20-23(29)15-24(35-25(20)21)19-5-4-17(14-22(19)28-6-8-32-9-7-28)33-10-11-34-18-12-16(13-18)26(30)31/h1-5,14-16,18H,6-13H2,(H,30,31). The van der Waals surface area contributed by atoms with Crippen LogP contribution in [0.2, 0.25) is 5.02 Å². The van der Waals surface area contributed by atoms with Gasteiger partial charge >= 0.3 is 5.97 Å². The number of hydrogen-bond acceptors (Lipinski definition) is 7. The second-order valence-electron chi connectivity index (χ2n) is 8.72. The van der Waals surface area contributed by atoms with Gasteiger partial charge in [-0.05, 0) is 37.1 Å². The highest BCUT2D eigenvalue weighted by atomic mass is 35.5. The van der Waals surface area contributed by atoms with E-state index in [1.165, 1.54) is 6.07 Å². The van der Waals surface area contributed by atoms with Crippen molar-refractivity contribution in [2.75, 3.05) is 44.4 Å². The van der Waals surface area contributed by atoms with E-state index in [4.69, 9.17) is 35.3 Å². The molecule has 2 heterocycles. The van der Waals surface area contributed by atoms with Gasteiger partial charge in [-0.3, -0.25) is 9.59 Å². The lowest BCUT2D eigenvalue weighted by molar-refractivity contribution is -0.151. The maximum atomic E-state index is 12.8. The minimum Gasteiger partial charge on any atom is -0.491 e. The van der Waals surface area contributed by atoms with Gasteiger partial charge in [-0.15, -0.1) is 0 Å². The second kappa shape index (κ2) is 10.3. The van der Waals surface area contributed by atoms with Gasteiger partial charge in [0.1, 0.15) is 18.1 Å². The SMILES string of the molecule is O=C(O)C1CC(OCCOc2ccc(-c3cc(=O)c4cccc(Cl)c4o3)c(N3CCOCC3)c2)C1. The molecule has 1 aromatic heterocycles. The molecule has 1 aliphatic heterocycles. The number of ether oxygens (including phenoxy) is 3. The van der Waals surface area contributed by atoms with E-state index in [1.807, 2.05) is 18.2 Å². The highest BCUT2D eigenvalue weighted by Gasteiger charge is 2.35. The average molecular weight is 500 g/mol. The first-order valence-corrected chi connectivity index (χ1v) is 12.0. The molecule has 0 spiro atoms. The molecule has 1 saturated heterocycles. The lowest BCUT2D eigenvalue weighted by Crippen LogP contribution is -2.37. The predicted octanol–water partition coefficient (Wildman–Crippen LogP) is 4.21. The molecule has 8 nitrogen and oxygen atoms in total. The molecule has 2 aliphatic rings. The van der Waals surface area contributed by atoms with Crippen molar-refractivity contribution in [2.24, 2.45) is 5.92 Å². The average Bonchev–Trinajstić information content (AvgIpc) is 2.83. The number of carboxylic acids is 1. The van der Waals surface area contributed by atoms with Crippen LogP contribution in [0.25, 0.3) is 22.3 Å². The molecule has 0 bridgehead atoms. The van der Waals surface area contributed by atoms with Crippen molar-refractivity contribution < 1.29 is 28.5 Å². The Hall–Kier alpha value is -3.07. The van der Waals surface area contributed by atoms with Gasteiger partial charge in [0, 0.05) is 30.8 Å². The third kappa shape index (κ3) is 5.15. The third-order valence-electron chi connectivity index (χ3n) is 6.44. The van der Waals surface area contributed by atoms with Crippen LogP contribution in [0, 0.1) is 5.92 Å². The van der Waals surface area contributed by atoms with Gasteiger partial charge < -0.3 is 28.6 Å². The molecule has 0 amide bonds. The Labute approximate surface area is 206 Å². The fourth-order valence-corrected chi connectivity index (χ4v) is 4.64. The first kappa shape index (κ1) is 23.7. The van der Waals surface area contributed by atoms with Crippen molar-refractivity contribution in [1.29, 1.82) is 0 Å². The van der Waals surface area contributed by atoms with Gasteiger partial charge in [0.2, 0.25) is 0 Å². The number of fused-ring (bicyclic) bond motifs is 1. The molecule has 184 valence electrons. The number of morpholine rings is 1. The zero-order valence-corrected chi connectivity index (χ0v) is 19.8. The normalized spacial score (nSPS) is 20.0. The number of rotatable bonds is 8. The quantitative estimate of drug-likeness (QED) is 0.460. The molecule has 0 radical (unpaired) electrons. The summed E-state index contributed by atoms with van der Waals surface area (Å²) in [5, 5.41) is 9.79. The maximum Gasteiger partial charge on any atom is 0.306 e. The van der Waals surface area contributed by atoms with Crippen molar-refractivity contribution in [3.63, 3.8) is 0 Å². The Morgan fingerprint density at radius 3 is 2.69 bits per heavy atom. The number of carboxylic acid groups (broad SMARTS) is 1. The summed E-state index contributed by atoms with van der Waals surface area (Å²) in [6.45, 7) is 3.32. The van der Waals surface area contributed by atoms with Crippen LogP contribution in [0.15, 0.2) is 51.7 Å². The molecule has 0 atom stereocenters. The van der Waals surface area contributed by atoms with Crippen LogP contribution in [0.3, 0.4) is 0 Å². The first-order chi connectivity index (χ1) is 17.0. The van der Waals surface area contributed by atoms with Crippen molar-refractivity contribution in [3.8, 4) is 17.1 Å². The van der Waals surface area contributed by atoms with Crippen LogP contribution in [-0.4, -0.2) is 56.7 Å². The number of benzene rings is 2. The number of halogens is 1. The Morgan fingerprint density at radius 1 is 1.11 bits per heavy atom. The third-order valence-corrected chi connectivity index (χ3v) is 6.74. The van der Waals surface area contributed by atoms with E-state index in [-0.39, 0.29) is 17.5 Å². The van der Waals surface area contributed by atoms with Crippen LogP contribution in [0.4, 0.5) is 5.69 Å². The summed E-state index contributed by atoms with van der Waals surface area (Å²) in [5.74, 6) is 0.0397. The number of hydrogen-bond donors (Lipinski definition) is 1. The zero-order chi connectivity index (χ0) is 24.4. The van der Waals surface area contributed by atoms with Gasteiger partial charge in [-0.25, -0.2) is 0 Å². The molecule has 2 fully saturated rings. The molecule has 1 aliphatic carbocycles. The Kier molecular flexibility index (Phi) is 6.95. The summed E-state index contributed by atoms with van der Waals surface area (Å²) in [4.78, 5) is 25.9. The van der Waals surface area contributed by atoms with E-state index in [0.717, 1.165) is 11.3 Å². The fraction of sp³-hybridized carbons (Fsp3) is 0.385. The van der Waals surface area contributed by atoms with Crippen molar-refractivity contribution in [3.05, 3.63) is 57.7 Å². The van der Waals surface area contributed by atoms with Crippen molar-refractivity contribution in [2.45, 2.75) is 18.9 Å². The molecule has 2 aromatic carbocycles. The summed E-state index contributed by atoms with van der Waals surface area (Å²) >= 11 is 6.31. The number of carbonyl (C=O) groups is 1. The largest absolute Gasteiger partial charge is 0.491 e. The summed E-state index contributed by atoms with van der Waals surface area (Å²) in [6.07, 6.45) is 1.08. The maximum absolute atomic E-state index is 12.8. The molecule has 3 aromatic rings. The second-order valence-corrected chi connectivity index (χ2v) is 9.12. The topological polar surface area (TPSA) is 98.4 Å². The number of anilines is 1. The minimum absolute atomic E-state index is 0.0198. The van der Waals surface area contributed by atoms with Crippen LogP contribution < -0.4 is 15.1 Å². The molecule has 0 unspecified atom stereocenters. The predicted molar refractivity (Wildman–Crippen MR) is 132 cm³/mol. The van der Waals surface area contributed by atoms with E-state index < -0.39 is 5.97 Å². The molecule has 9 heteroatoms. The number of nitrogens with zero attached hydrogens (tertiary/aromatic N) is 1. The van der Waals surface area contributed by atoms with E-state index in [1.54, 1.807) is 18.2 Å². The van der Waals surface area contributed by atoms with Gasteiger partial charge in [0.15, 0.2) is 11.0 Å². The number of para-hydroxylation sites is 1. The van der Waals surface area contributed by atoms with E-state index in [0.29, 0.717) is 79.9 Å². The van der Waals surface area contributed by atoms with E-state index in [9.17, 15) is 9.59 Å². The van der Waals surface area contributed by atoms with Gasteiger partial charge in [0.05, 0.1) is 47.9 Å². The molecule has 1 N–H and O–H groups in total.